The maximum atomic E-state index is 11.3. The van der Waals surface area contributed by atoms with Crippen molar-refractivity contribution in [3.8, 4) is 0 Å². The van der Waals surface area contributed by atoms with Crippen LogP contribution in [0.3, 0.4) is 0 Å². The van der Waals surface area contributed by atoms with E-state index in [-0.39, 0.29) is 5.97 Å². The molecule has 110 valence electrons. The molecule has 1 rings (SSSR count). The Morgan fingerprint density at radius 1 is 1.37 bits per heavy atom. The van der Waals surface area contributed by atoms with E-state index in [1.54, 1.807) is 6.92 Å². The maximum Gasteiger partial charge on any atom is 0.333 e. The number of carbonyl (C=O) groups excluding carboxylic acids is 1. The lowest BCUT2D eigenvalue weighted by Crippen LogP contribution is -2.33. The number of esters is 1. The van der Waals surface area contributed by atoms with Gasteiger partial charge in [0.1, 0.15) is 0 Å². The number of hydrogen-bond acceptors (Lipinski definition) is 3. The van der Waals surface area contributed by atoms with Crippen molar-refractivity contribution in [3.05, 3.63) is 11.6 Å². The van der Waals surface area contributed by atoms with Gasteiger partial charge in [-0.15, -0.1) is 0 Å². The van der Waals surface area contributed by atoms with Crippen LogP contribution in [-0.2, 0) is 9.53 Å². The number of hydrogen-bond donors (Lipinski definition) is 1. The smallest absolute Gasteiger partial charge is 0.333 e. The third-order valence-electron chi connectivity index (χ3n) is 4.07. The Kier molecular flexibility index (Phi) is 6.56. The Morgan fingerprint density at radius 3 is 2.53 bits per heavy atom. The van der Waals surface area contributed by atoms with Crippen LogP contribution in [0.2, 0.25) is 0 Å². The van der Waals surface area contributed by atoms with Gasteiger partial charge < -0.3 is 10.1 Å². The van der Waals surface area contributed by atoms with Crippen LogP contribution in [0, 0.1) is 11.3 Å². The highest BCUT2D eigenvalue weighted by Gasteiger charge is 2.33. The molecule has 0 unspecified atom stereocenters. The molecule has 3 nitrogen and oxygen atoms in total. The highest BCUT2D eigenvalue weighted by Crippen LogP contribution is 2.42. The molecule has 19 heavy (non-hydrogen) atoms. The number of methoxy groups -OCH3 is 1. The molecule has 3 heteroatoms. The second kappa shape index (κ2) is 7.68. The van der Waals surface area contributed by atoms with Crippen LogP contribution in [0.15, 0.2) is 11.6 Å². The first-order valence-electron chi connectivity index (χ1n) is 7.45. The van der Waals surface area contributed by atoms with E-state index in [1.165, 1.54) is 39.2 Å². The monoisotopic (exact) mass is 267 g/mol. The summed E-state index contributed by atoms with van der Waals surface area (Å²) in [7, 11) is 1.42. The summed E-state index contributed by atoms with van der Waals surface area (Å²) in [5.41, 5.74) is 1.17. The summed E-state index contributed by atoms with van der Waals surface area (Å²) in [5, 5.41) is 3.50. The zero-order valence-corrected chi connectivity index (χ0v) is 12.9. The van der Waals surface area contributed by atoms with Crippen LogP contribution in [0.1, 0.15) is 52.9 Å². The Bertz CT molecular complexity index is 315. The molecular weight excluding hydrogens is 238 g/mol. The largest absolute Gasteiger partial charge is 0.466 e. The summed E-state index contributed by atoms with van der Waals surface area (Å²) in [5.74, 6) is 0.520. The van der Waals surface area contributed by atoms with E-state index >= 15 is 0 Å². The standard InChI is InChI=1S/C16H29NO2/c1-13(2)11-16(8-5-6-9-16)12-17-10-7-14(3)15(18)19-4/h7,13,17H,5-6,8-12H2,1-4H3. The zero-order valence-electron chi connectivity index (χ0n) is 12.9. The Balaban J connectivity index is 2.39. The third-order valence-corrected chi connectivity index (χ3v) is 4.07. The lowest BCUT2D eigenvalue weighted by atomic mass is 9.78. The fourth-order valence-corrected chi connectivity index (χ4v) is 3.25. The van der Waals surface area contributed by atoms with Crippen LogP contribution >= 0.6 is 0 Å². The number of ether oxygens (including phenoxy) is 1. The second-order valence-corrected chi connectivity index (χ2v) is 6.31. The summed E-state index contributed by atoms with van der Waals surface area (Å²) in [6, 6.07) is 0. The van der Waals surface area contributed by atoms with Crippen LogP contribution in [-0.4, -0.2) is 26.2 Å². The van der Waals surface area contributed by atoms with Crippen molar-refractivity contribution in [2.45, 2.75) is 52.9 Å². The Hall–Kier alpha value is -0.830. The fourth-order valence-electron chi connectivity index (χ4n) is 3.25. The molecule has 0 aliphatic heterocycles. The van der Waals surface area contributed by atoms with Crippen molar-refractivity contribution >= 4 is 5.97 Å². The highest BCUT2D eigenvalue weighted by atomic mass is 16.5. The lowest BCUT2D eigenvalue weighted by Gasteiger charge is -2.31. The van der Waals surface area contributed by atoms with Crippen LogP contribution in [0.5, 0.6) is 0 Å². The van der Waals surface area contributed by atoms with E-state index in [9.17, 15) is 4.79 Å². The molecule has 0 aromatic rings. The summed E-state index contributed by atoms with van der Waals surface area (Å²) in [6.45, 7) is 8.23. The van der Waals surface area contributed by atoms with Gasteiger partial charge in [-0.1, -0.05) is 32.8 Å². The predicted molar refractivity (Wildman–Crippen MR) is 79.0 cm³/mol. The number of carbonyl (C=O) groups is 1. The van der Waals surface area contributed by atoms with Gasteiger partial charge in [-0.05, 0) is 37.5 Å². The van der Waals surface area contributed by atoms with E-state index in [1.807, 2.05) is 6.08 Å². The van der Waals surface area contributed by atoms with Crippen molar-refractivity contribution in [3.63, 3.8) is 0 Å². The van der Waals surface area contributed by atoms with Gasteiger partial charge in [-0.25, -0.2) is 4.79 Å². The average Bonchev–Trinajstić information content (AvgIpc) is 2.81. The normalized spacial score (nSPS) is 18.9. The van der Waals surface area contributed by atoms with E-state index in [0.29, 0.717) is 11.0 Å². The van der Waals surface area contributed by atoms with Crippen LogP contribution in [0.4, 0.5) is 0 Å². The molecule has 0 radical (unpaired) electrons. The zero-order chi connectivity index (χ0) is 14.3. The van der Waals surface area contributed by atoms with Gasteiger partial charge in [0, 0.05) is 18.7 Å². The summed E-state index contributed by atoms with van der Waals surface area (Å²) >= 11 is 0. The molecule has 1 aliphatic rings. The van der Waals surface area contributed by atoms with Crippen molar-refractivity contribution < 1.29 is 9.53 Å². The summed E-state index contributed by atoms with van der Waals surface area (Å²) in [6.07, 6.45) is 8.65. The molecule has 0 aromatic carbocycles. The molecule has 1 aliphatic carbocycles. The molecule has 0 atom stereocenters. The highest BCUT2D eigenvalue weighted by molar-refractivity contribution is 5.87. The van der Waals surface area contributed by atoms with E-state index in [0.717, 1.165) is 19.0 Å². The molecule has 0 saturated heterocycles. The van der Waals surface area contributed by atoms with E-state index < -0.39 is 0 Å². The molecule has 0 amide bonds. The first-order chi connectivity index (χ1) is 8.99. The molecule has 1 saturated carbocycles. The topological polar surface area (TPSA) is 38.3 Å². The van der Waals surface area contributed by atoms with Crippen molar-refractivity contribution in [1.82, 2.24) is 5.32 Å². The molecule has 0 heterocycles. The number of nitrogens with one attached hydrogen (secondary N) is 1. The van der Waals surface area contributed by atoms with Gasteiger partial charge in [-0.3, -0.25) is 0 Å². The van der Waals surface area contributed by atoms with Gasteiger partial charge in [0.2, 0.25) is 0 Å². The lowest BCUT2D eigenvalue weighted by molar-refractivity contribution is -0.136. The van der Waals surface area contributed by atoms with Crippen LogP contribution in [0.25, 0.3) is 0 Å². The summed E-state index contributed by atoms with van der Waals surface area (Å²) in [4.78, 5) is 11.3. The first kappa shape index (κ1) is 16.2. The first-order valence-corrected chi connectivity index (χ1v) is 7.45. The van der Waals surface area contributed by atoms with E-state index in [4.69, 9.17) is 0 Å². The van der Waals surface area contributed by atoms with Gasteiger partial charge in [0.05, 0.1) is 7.11 Å². The minimum Gasteiger partial charge on any atom is -0.466 e. The Morgan fingerprint density at radius 2 is 2.00 bits per heavy atom. The van der Waals surface area contributed by atoms with Gasteiger partial charge >= 0.3 is 5.97 Å². The fraction of sp³-hybridized carbons (Fsp3) is 0.812. The second-order valence-electron chi connectivity index (χ2n) is 6.31. The SMILES string of the molecule is COC(=O)C(C)=CCNCC1(CC(C)C)CCCC1. The quantitative estimate of drug-likeness (QED) is 0.437. The minimum absolute atomic E-state index is 0.237. The maximum absolute atomic E-state index is 11.3. The van der Waals surface area contributed by atoms with Crippen LogP contribution < -0.4 is 5.32 Å². The molecule has 0 spiro atoms. The predicted octanol–water partition coefficient (Wildman–Crippen LogP) is 3.30. The van der Waals surface area contributed by atoms with Gasteiger partial charge in [0.25, 0.3) is 0 Å². The molecule has 1 fully saturated rings. The number of rotatable bonds is 7. The van der Waals surface area contributed by atoms with Crippen molar-refractivity contribution in [1.29, 1.82) is 0 Å². The van der Waals surface area contributed by atoms with Crippen molar-refractivity contribution in [2.24, 2.45) is 11.3 Å². The minimum atomic E-state index is -0.237. The van der Waals surface area contributed by atoms with E-state index in [2.05, 4.69) is 23.9 Å². The molecule has 0 aromatic heterocycles. The van der Waals surface area contributed by atoms with Gasteiger partial charge in [-0.2, -0.15) is 0 Å². The molecule has 1 N–H and O–H groups in total. The summed E-state index contributed by atoms with van der Waals surface area (Å²) < 4.78 is 4.68. The Labute approximate surface area is 117 Å². The van der Waals surface area contributed by atoms with Crippen molar-refractivity contribution in [2.75, 3.05) is 20.2 Å². The molecular formula is C16H29NO2. The molecule has 0 bridgehead atoms. The van der Waals surface area contributed by atoms with Gasteiger partial charge in [0.15, 0.2) is 0 Å². The average molecular weight is 267 g/mol. The third kappa shape index (κ3) is 5.35.